The van der Waals surface area contributed by atoms with Crippen LogP contribution in [0.4, 0.5) is 8.78 Å². The summed E-state index contributed by atoms with van der Waals surface area (Å²) in [7, 11) is 0. The van der Waals surface area contributed by atoms with Gasteiger partial charge in [0.15, 0.2) is 0 Å². The molecule has 0 nitrogen and oxygen atoms in total. The van der Waals surface area contributed by atoms with Gasteiger partial charge in [0.2, 0.25) is 0 Å². The first-order chi connectivity index (χ1) is 17.6. The van der Waals surface area contributed by atoms with Crippen LogP contribution in [0, 0.1) is 23.5 Å². The Bertz CT molecular complexity index is 1020. The monoisotopic (exact) mass is 490 g/mol. The van der Waals surface area contributed by atoms with Crippen molar-refractivity contribution in [2.75, 3.05) is 0 Å². The van der Waals surface area contributed by atoms with Gasteiger partial charge in [-0.1, -0.05) is 68.3 Å². The molecule has 2 aromatic rings. The molecule has 0 heterocycles. The molecule has 2 aliphatic carbocycles. The van der Waals surface area contributed by atoms with Gasteiger partial charge in [0, 0.05) is 5.56 Å². The Kier molecular flexibility index (Phi) is 9.96. The Morgan fingerprint density at radius 3 is 2.06 bits per heavy atom. The minimum atomic E-state index is -0.140. The van der Waals surface area contributed by atoms with Gasteiger partial charge < -0.3 is 0 Å². The summed E-state index contributed by atoms with van der Waals surface area (Å²) in [6.07, 6.45) is 21.8. The number of hydrogen-bond donors (Lipinski definition) is 0. The summed E-state index contributed by atoms with van der Waals surface area (Å²) in [5.74, 6) is 2.29. The molecule has 0 unspecified atom stereocenters. The number of aryl methyl sites for hydroxylation is 1. The second kappa shape index (κ2) is 13.4. The molecule has 0 radical (unpaired) electrons. The summed E-state index contributed by atoms with van der Waals surface area (Å²) < 4.78 is 29.6. The molecule has 0 atom stereocenters. The van der Waals surface area contributed by atoms with Crippen molar-refractivity contribution < 1.29 is 8.78 Å². The minimum Gasteiger partial charge on any atom is -0.207 e. The standard InChI is InChI=1S/C34H44F2/c1-3-7-25-11-15-27(16-12-25)31-21-19-29(33(35)23-31)9-5-6-10-30-20-22-32(24-34(30)36)28-17-13-26(8-4-2)14-18-28/h3,6-7,10,19-28H,4-5,8-9,11-18H2,1-2H3. The lowest BCUT2D eigenvalue weighted by Gasteiger charge is -2.28. The fourth-order valence-electron chi connectivity index (χ4n) is 6.51. The smallest absolute Gasteiger partial charge is 0.130 e. The number of rotatable bonds is 9. The van der Waals surface area contributed by atoms with Crippen LogP contribution in [0.1, 0.15) is 119 Å². The van der Waals surface area contributed by atoms with Gasteiger partial charge >= 0.3 is 0 Å². The zero-order valence-corrected chi connectivity index (χ0v) is 22.3. The van der Waals surface area contributed by atoms with Gasteiger partial charge in [0.05, 0.1) is 0 Å². The summed E-state index contributed by atoms with van der Waals surface area (Å²) in [6, 6.07) is 11.6. The van der Waals surface area contributed by atoms with E-state index in [9.17, 15) is 8.78 Å². The lowest BCUT2D eigenvalue weighted by atomic mass is 9.77. The van der Waals surface area contributed by atoms with Crippen LogP contribution >= 0.6 is 0 Å². The maximum atomic E-state index is 14.8. The Hall–Kier alpha value is -2.22. The molecule has 0 spiro atoms. The van der Waals surface area contributed by atoms with Gasteiger partial charge in [0.1, 0.15) is 11.6 Å². The van der Waals surface area contributed by atoms with Crippen LogP contribution in [-0.2, 0) is 6.42 Å². The van der Waals surface area contributed by atoms with E-state index in [2.05, 4.69) is 38.1 Å². The van der Waals surface area contributed by atoms with E-state index in [1.54, 1.807) is 12.1 Å². The fraction of sp³-hybridized carbons (Fsp3) is 0.529. The van der Waals surface area contributed by atoms with Crippen molar-refractivity contribution >= 4 is 6.08 Å². The number of allylic oxidation sites excluding steroid dienone is 3. The number of hydrogen-bond acceptors (Lipinski definition) is 0. The predicted octanol–water partition coefficient (Wildman–Crippen LogP) is 10.5. The maximum Gasteiger partial charge on any atom is 0.130 e. The fourth-order valence-corrected chi connectivity index (χ4v) is 6.51. The molecule has 194 valence electrons. The Morgan fingerprint density at radius 1 is 0.806 bits per heavy atom. The van der Waals surface area contributed by atoms with Crippen molar-refractivity contribution in [3.63, 3.8) is 0 Å². The van der Waals surface area contributed by atoms with Gasteiger partial charge in [-0.2, -0.15) is 0 Å². The minimum absolute atomic E-state index is 0.0966. The summed E-state index contributed by atoms with van der Waals surface area (Å²) in [5.41, 5.74) is 3.67. The number of benzene rings is 2. The van der Waals surface area contributed by atoms with E-state index in [4.69, 9.17) is 0 Å². The van der Waals surface area contributed by atoms with Crippen molar-refractivity contribution in [2.24, 2.45) is 11.8 Å². The molecule has 0 N–H and O–H groups in total. The van der Waals surface area contributed by atoms with Crippen LogP contribution < -0.4 is 0 Å². The van der Waals surface area contributed by atoms with Crippen LogP contribution in [0.5, 0.6) is 0 Å². The summed E-state index contributed by atoms with van der Waals surface area (Å²) in [5, 5.41) is 0. The van der Waals surface area contributed by atoms with E-state index >= 15 is 0 Å². The van der Waals surface area contributed by atoms with Crippen molar-refractivity contribution in [2.45, 2.75) is 103 Å². The first-order valence-electron chi connectivity index (χ1n) is 14.4. The largest absolute Gasteiger partial charge is 0.207 e. The zero-order chi connectivity index (χ0) is 25.3. The molecule has 2 aromatic carbocycles. The van der Waals surface area contributed by atoms with Crippen LogP contribution in [0.15, 0.2) is 54.6 Å². The van der Waals surface area contributed by atoms with Crippen LogP contribution in [0.2, 0.25) is 0 Å². The van der Waals surface area contributed by atoms with Crippen molar-refractivity contribution in [1.82, 2.24) is 0 Å². The Morgan fingerprint density at radius 2 is 1.44 bits per heavy atom. The van der Waals surface area contributed by atoms with Gasteiger partial charge in [0.25, 0.3) is 0 Å². The quantitative estimate of drug-likeness (QED) is 0.307. The average molecular weight is 491 g/mol. The van der Waals surface area contributed by atoms with Crippen molar-refractivity contribution in [3.05, 3.63) is 88.5 Å². The second-order valence-corrected chi connectivity index (χ2v) is 11.2. The van der Waals surface area contributed by atoms with E-state index < -0.39 is 0 Å². The first kappa shape index (κ1) is 26.8. The van der Waals surface area contributed by atoms with Crippen LogP contribution in [0.25, 0.3) is 6.08 Å². The summed E-state index contributed by atoms with van der Waals surface area (Å²) >= 11 is 0. The molecule has 36 heavy (non-hydrogen) atoms. The van der Waals surface area contributed by atoms with Gasteiger partial charge in [-0.3, -0.25) is 0 Å². The first-order valence-corrected chi connectivity index (χ1v) is 14.4. The molecule has 0 bridgehead atoms. The molecule has 4 rings (SSSR count). The molecule has 0 aromatic heterocycles. The molecule has 2 heteroatoms. The maximum absolute atomic E-state index is 14.8. The molecule has 2 saturated carbocycles. The highest BCUT2D eigenvalue weighted by Crippen LogP contribution is 2.38. The summed E-state index contributed by atoms with van der Waals surface area (Å²) in [6.45, 7) is 4.35. The third-order valence-electron chi connectivity index (χ3n) is 8.70. The van der Waals surface area contributed by atoms with Gasteiger partial charge in [-0.15, -0.1) is 0 Å². The molecule has 0 amide bonds. The van der Waals surface area contributed by atoms with E-state index in [0.717, 1.165) is 35.4 Å². The predicted molar refractivity (Wildman–Crippen MR) is 149 cm³/mol. The molecule has 0 saturated heterocycles. The molecular formula is C34H44F2. The molecule has 2 aliphatic rings. The van der Waals surface area contributed by atoms with E-state index in [1.807, 2.05) is 24.3 Å². The van der Waals surface area contributed by atoms with Crippen LogP contribution in [-0.4, -0.2) is 0 Å². The van der Waals surface area contributed by atoms with E-state index in [-0.39, 0.29) is 11.6 Å². The molecule has 0 aliphatic heterocycles. The summed E-state index contributed by atoms with van der Waals surface area (Å²) in [4.78, 5) is 0. The molecular weight excluding hydrogens is 446 g/mol. The van der Waals surface area contributed by atoms with Crippen LogP contribution in [0.3, 0.4) is 0 Å². The Balaban J connectivity index is 1.27. The normalized spacial score (nSPS) is 25.1. The Labute approximate surface area is 217 Å². The highest BCUT2D eigenvalue weighted by atomic mass is 19.1. The third-order valence-corrected chi connectivity index (χ3v) is 8.70. The third kappa shape index (κ3) is 7.17. The SMILES string of the molecule is CC=CC1CCC(c2ccc(CCC=Cc3ccc(C4CCC(CCC)CC4)cc3F)c(F)c2)CC1. The average Bonchev–Trinajstić information content (AvgIpc) is 2.89. The second-order valence-electron chi connectivity index (χ2n) is 11.2. The van der Waals surface area contributed by atoms with E-state index in [1.165, 1.54) is 51.4 Å². The van der Waals surface area contributed by atoms with Gasteiger partial charge in [-0.05, 0) is 124 Å². The topological polar surface area (TPSA) is 0 Å². The molecule has 2 fully saturated rings. The highest BCUT2D eigenvalue weighted by Gasteiger charge is 2.23. The van der Waals surface area contributed by atoms with E-state index in [0.29, 0.717) is 36.2 Å². The lowest BCUT2D eigenvalue weighted by molar-refractivity contribution is 0.308. The highest BCUT2D eigenvalue weighted by molar-refractivity contribution is 5.51. The van der Waals surface area contributed by atoms with Gasteiger partial charge in [-0.25, -0.2) is 8.78 Å². The number of halogens is 2. The van der Waals surface area contributed by atoms with Crippen molar-refractivity contribution in [1.29, 1.82) is 0 Å². The zero-order valence-electron chi connectivity index (χ0n) is 22.3. The van der Waals surface area contributed by atoms with Crippen molar-refractivity contribution in [3.8, 4) is 0 Å². The lowest BCUT2D eigenvalue weighted by Crippen LogP contribution is -2.13.